The van der Waals surface area contributed by atoms with E-state index in [-0.39, 0.29) is 18.3 Å². The Morgan fingerprint density at radius 1 is 1.52 bits per heavy atom. The Morgan fingerprint density at radius 2 is 2.26 bits per heavy atom. The van der Waals surface area contributed by atoms with E-state index in [1.165, 1.54) is 0 Å². The summed E-state index contributed by atoms with van der Waals surface area (Å²) in [6.07, 6.45) is 1.55. The van der Waals surface area contributed by atoms with Crippen molar-refractivity contribution < 1.29 is 9.32 Å². The zero-order valence-electron chi connectivity index (χ0n) is 13.1. The summed E-state index contributed by atoms with van der Waals surface area (Å²) in [6.45, 7) is 4.98. The molecule has 0 aliphatic carbocycles. The molecular formula is C15H17N5O3. The molecule has 0 aromatic carbocycles. The molecule has 0 saturated carbocycles. The van der Waals surface area contributed by atoms with Crippen molar-refractivity contribution in [3.63, 3.8) is 0 Å². The molecule has 0 fully saturated rings. The SMILES string of the molecule is CC(C)[C@](C)(C#N)NC(=O)Cn1c(-c2ccccn2)noc1=O. The number of carbonyl (C=O) groups excluding carboxylic acids is 1. The topological polar surface area (TPSA) is 114 Å². The van der Waals surface area contributed by atoms with Gasteiger partial charge in [0.05, 0.1) is 6.07 Å². The highest BCUT2D eigenvalue weighted by Crippen LogP contribution is 2.16. The highest BCUT2D eigenvalue weighted by atomic mass is 16.5. The lowest BCUT2D eigenvalue weighted by Crippen LogP contribution is -2.50. The highest BCUT2D eigenvalue weighted by molar-refractivity contribution is 5.77. The van der Waals surface area contributed by atoms with E-state index in [0.29, 0.717) is 5.69 Å². The van der Waals surface area contributed by atoms with Gasteiger partial charge in [0.2, 0.25) is 11.7 Å². The van der Waals surface area contributed by atoms with Crippen LogP contribution in [0.5, 0.6) is 0 Å². The summed E-state index contributed by atoms with van der Waals surface area (Å²) in [5, 5.41) is 15.5. The van der Waals surface area contributed by atoms with Crippen LogP contribution in [-0.2, 0) is 11.3 Å². The molecule has 1 N–H and O–H groups in total. The Balaban J connectivity index is 2.25. The average Bonchev–Trinajstić information content (AvgIpc) is 2.88. The minimum atomic E-state index is -1.02. The molecule has 0 aliphatic rings. The molecule has 0 saturated heterocycles. The molecule has 0 spiro atoms. The number of hydrogen-bond donors (Lipinski definition) is 1. The van der Waals surface area contributed by atoms with E-state index in [1.807, 2.05) is 13.8 Å². The van der Waals surface area contributed by atoms with Crippen LogP contribution in [0.1, 0.15) is 20.8 Å². The van der Waals surface area contributed by atoms with Crippen LogP contribution in [-0.4, -0.2) is 26.2 Å². The Kier molecular flexibility index (Phi) is 4.60. The van der Waals surface area contributed by atoms with E-state index < -0.39 is 17.2 Å². The number of nitrogens with one attached hydrogen (secondary N) is 1. The van der Waals surface area contributed by atoms with Crippen molar-refractivity contribution >= 4 is 5.91 Å². The summed E-state index contributed by atoms with van der Waals surface area (Å²) in [5.74, 6) is -1.17. The van der Waals surface area contributed by atoms with Crippen LogP contribution >= 0.6 is 0 Å². The average molecular weight is 315 g/mol. The maximum Gasteiger partial charge on any atom is 0.442 e. The van der Waals surface area contributed by atoms with Gasteiger partial charge in [-0.05, 0) is 25.0 Å². The van der Waals surface area contributed by atoms with Crippen molar-refractivity contribution in [3.05, 3.63) is 34.9 Å². The maximum absolute atomic E-state index is 12.2. The Hall–Kier alpha value is -2.95. The number of hydrogen-bond acceptors (Lipinski definition) is 6. The maximum atomic E-state index is 12.2. The summed E-state index contributed by atoms with van der Waals surface area (Å²) < 4.78 is 5.71. The second-order valence-corrected chi connectivity index (χ2v) is 5.59. The molecule has 8 heteroatoms. The largest absolute Gasteiger partial charge is 0.442 e. The number of pyridine rings is 1. The number of aromatic nitrogens is 3. The van der Waals surface area contributed by atoms with Gasteiger partial charge >= 0.3 is 5.76 Å². The van der Waals surface area contributed by atoms with Gasteiger partial charge in [-0.25, -0.2) is 9.36 Å². The van der Waals surface area contributed by atoms with Gasteiger partial charge in [-0.2, -0.15) is 5.26 Å². The quantitative estimate of drug-likeness (QED) is 0.878. The fraction of sp³-hybridized carbons (Fsp3) is 0.400. The predicted octanol–water partition coefficient (Wildman–Crippen LogP) is 0.953. The number of amides is 1. The molecule has 1 amide bonds. The normalized spacial score (nSPS) is 13.3. The predicted molar refractivity (Wildman–Crippen MR) is 81.0 cm³/mol. The van der Waals surface area contributed by atoms with Crippen molar-refractivity contribution in [2.24, 2.45) is 5.92 Å². The van der Waals surface area contributed by atoms with E-state index >= 15 is 0 Å². The van der Waals surface area contributed by atoms with Gasteiger partial charge in [0.15, 0.2) is 0 Å². The van der Waals surface area contributed by atoms with Crippen LogP contribution in [0.3, 0.4) is 0 Å². The van der Waals surface area contributed by atoms with Crippen LogP contribution in [0.2, 0.25) is 0 Å². The number of rotatable bonds is 5. The molecule has 2 aromatic heterocycles. The molecule has 0 bridgehead atoms. The zero-order valence-corrected chi connectivity index (χ0v) is 13.1. The number of nitrogens with zero attached hydrogens (tertiary/aromatic N) is 4. The fourth-order valence-corrected chi connectivity index (χ4v) is 1.86. The summed E-state index contributed by atoms with van der Waals surface area (Å²) in [5.41, 5.74) is -0.610. The van der Waals surface area contributed by atoms with E-state index in [1.54, 1.807) is 31.3 Å². The van der Waals surface area contributed by atoms with Crippen molar-refractivity contribution in [2.75, 3.05) is 0 Å². The van der Waals surface area contributed by atoms with Crippen molar-refractivity contribution in [3.8, 4) is 17.6 Å². The molecule has 120 valence electrons. The second kappa shape index (κ2) is 6.44. The summed E-state index contributed by atoms with van der Waals surface area (Å²) in [6, 6.07) is 7.19. The molecule has 8 nitrogen and oxygen atoms in total. The van der Waals surface area contributed by atoms with Crippen molar-refractivity contribution in [1.82, 2.24) is 20.0 Å². The number of carbonyl (C=O) groups is 1. The Bertz CT molecular complexity index is 787. The molecule has 2 rings (SSSR count). The van der Waals surface area contributed by atoms with E-state index in [9.17, 15) is 14.9 Å². The molecule has 0 radical (unpaired) electrons. The van der Waals surface area contributed by atoms with Crippen LogP contribution in [0.4, 0.5) is 0 Å². The minimum Gasteiger partial charge on any atom is -0.336 e. The fourth-order valence-electron chi connectivity index (χ4n) is 1.86. The smallest absolute Gasteiger partial charge is 0.336 e. The van der Waals surface area contributed by atoms with Gasteiger partial charge in [-0.3, -0.25) is 14.3 Å². The zero-order chi connectivity index (χ0) is 17.0. The van der Waals surface area contributed by atoms with E-state index in [2.05, 4.69) is 26.0 Å². The highest BCUT2D eigenvalue weighted by Gasteiger charge is 2.30. The van der Waals surface area contributed by atoms with E-state index in [0.717, 1.165) is 4.57 Å². The first-order chi connectivity index (χ1) is 10.9. The number of nitriles is 1. The van der Waals surface area contributed by atoms with Crippen LogP contribution in [0.25, 0.3) is 11.5 Å². The molecule has 23 heavy (non-hydrogen) atoms. The Morgan fingerprint density at radius 3 is 2.83 bits per heavy atom. The molecule has 0 unspecified atom stereocenters. The molecule has 2 aromatic rings. The second-order valence-electron chi connectivity index (χ2n) is 5.59. The van der Waals surface area contributed by atoms with Crippen LogP contribution in [0.15, 0.2) is 33.7 Å². The summed E-state index contributed by atoms with van der Waals surface area (Å²) in [7, 11) is 0. The third-order valence-electron chi connectivity index (χ3n) is 3.67. The van der Waals surface area contributed by atoms with Crippen molar-refractivity contribution in [1.29, 1.82) is 5.26 Å². The monoisotopic (exact) mass is 315 g/mol. The van der Waals surface area contributed by atoms with Crippen molar-refractivity contribution in [2.45, 2.75) is 32.9 Å². The molecule has 1 atom stereocenters. The lowest BCUT2D eigenvalue weighted by atomic mass is 9.90. The molecule has 2 heterocycles. The third kappa shape index (κ3) is 3.45. The third-order valence-corrected chi connectivity index (χ3v) is 3.67. The van der Waals surface area contributed by atoms with Crippen LogP contribution in [0, 0.1) is 17.2 Å². The summed E-state index contributed by atoms with van der Waals surface area (Å²) >= 11 is 0. The lowest BCUT2D eigenvalue weighted by Gasteiger charge is -2.27. The van der Waals surface area contributed by atoms with Gasteiger partial charge in [0.25, 0.3) is 0 Å². The summed E-state index contributed by atoms with van der Waals surface area (Å²) in [4.78, 5) is 28.1. The van der Waals surface area contributed by atoms with E-state index in [4.69, 9.17) is 0 Å². The first kappa shape index (κ1) is 16.4. The standard InChI is InChI=1S/C15H17N5O3/c1-10(2)15(3,9-16)18-12(21)8-20-13(19-23-14(20)22)11-6-4-5-7-17-11/h4-7,10H,8H2,1-3H3,(H,18,21)/t15-/m0/s1. The molecule has 0 aliphatic heterocycles. The first-order valence-corrected chi connectivity index (χ1v) is 7.07. The van der Waals surface area contributed by atoms with Gasteiger partial charge in [0.1, 0.15) is 17.8 Å². The van der Waals surface area contributed by atoms with Gasteiger partial charge in [-0.1, -0.05) is 25.1 Å². The van der Waals surface area contributed by atoms with Gasteiger partial charge in [-0.15, -0.1) is 0 Å². The Labute approximate surface area is 132 Å². The first-order valence-electron chi connectivity index (χ1n) is 7.07. The lowest BCUT2D eigenvalue weighted by molar-refractivity contribution is -0.123. The minimum absolute atomic E-state index is 0.0918. The van der Waals surface area contributed by atoms with Crippen LogP contribution < -0.4 is 11.1 Å². The van der Waals surface area contributed by atoms with Gasteiger partial charge < -0.3 is 5.32 Å². The van der Waals surface area contributed by atoms with Gasteiger partial charge in [0, 0.05) is 6.20 Å². The molecular weight excluding hydrogens is 298 g/mol.